The highest BCUT2D eigenvalue weighted by molar-refractivity contribution is 7.80. The van der Waals surface area contributed by atoms with E-state index in [2.05, 4.69) is 5.32 Å². The molecule has 0 radical (unpaired) electrons. The number of rotatable bonds is 5. The summed E-state index contributed by atoms with van der Waals surface area (Å²) in [7, 11) is 1.69. The van der Waals surface area contributed by atoms with E-state index in [1.807, 2.05) is 6.92 Å². The van der Waals surface area contributed by atoms with Crippen LogP contribution in [-0.2, 0) is 4.79 Å². The van der Waals surface area contributed by atoms with Gasteiger partial charge < -0.3 is 16.0 Å². The minimum atomic E-state index is -0.299. The van der Waals surface area contributed by atoms with Crippen molar-refractivity contribution in [2.24, 2.45) is 5.73 Å². The smallest absolute Gasteiger partial charge is 0.251 e. The molecule has 0 spiro atoms. The van der Waals surface area contributed by atoms with Crippen LogP contribution in [0.2, 0.25) is 0 Å². The van der Waals surface area contributed by atoms with E-state index in [0.29, 0.717) is 17.7 Å². The van der Waals surface area contributed by atoms with Crippen molar-refractivity contribution < 1.29 is 9.59 Å². The molecule has 19 heavy (non-hydrogen) atoms. The Morgan fingerprint density at radius 3 is 2.26 bits per heavy atom. The van der Waals surface area contributed by atoms with Crippen LogP contribution in [-0.4, -0.2) is 41.8 Å². The van der Waals surface area contributed by atoms with Crippen molar-refractivity contribution in [1.29, 1.82) is 0 Å². The third-order valence-electron chi connectivity index (χ3n) is 2.73. The first-order valence-electron chi connectivity index (χ1n) is 5.87. The second kappa shape index (κ2) is 6.84. The number of nitrogens with one attached hydrogen (secondary N) is 1. The standard InChI is InChI=1S/C13H17N3O2S/c1-3-16(2)11(17)8-15-13(18)10-6-4-9(5-7-10)12(14)19/h4-7H,3,8H2,1-2H3,(H2,14,19)(H,15,18). The molecule has 1 rings (SSSR count). The number of amides is 2. The van der Waals surface area contributed by atoms with E-state index in [4.69, 9.17) is 18.0 Å². The zero-order valence-corrected chi connectivity index (χ0v) is 11.8. The van der Waals surface area contributed by atoms with E-state index in [0.717, 1.165) is 0 Å². The number of hydrogen-bond donors (Lipinski definition) is 2. The molecule has 0 aromatic heterocycles. The van der Waals surface area contributed by atoms with E-state index in [1.165, 1.54) is 4.90 Å². The van der Waals surface area contributed by atoms with Crippen molar-refractivity contribution >= 4 is 29.0 Å². The van der Waals surface area contributed by atoms with Crippen molar-refractivity contribution in [1.82, 2.24) is 10.2 Å². The molecule has 0 atom stereocenters. The van der Waals surface area contributed by atoms with Gasteiger partial charge >= 0.3 is 0 Å². The maximum absolute atomic E-state index is 11.8. The number of nitrogens with zero attached hydrogens (tertiary/aromatic N) is 1. The topological polar surface area (TPSA) is 75.4 Å². The lowest BCUT2D eigenvalue weighted by atomic mass is 10.1. The van der Waals surface area contributed by atoms with E-state index in [1.54, 1.807) is 31.3 Å². The van der Waals surface area contributed by atoms with Gasteiger partial charge in [0.05, 0.1) is 6.54 Å². The molecule has 0 saturated carbocycles. The molecule has 0 aliphatic carbocycles. The lowest BCUT2D eigenvalue weighted by molar-refractivity contribution is -0.128. The summed E-state index contributed by atoms with van der Waals surface area (Å²) >= 11 is 4.83. The molecule has 0 aliphatic heterocycles. The maximum Gasteiger partial charge on any atom is 0.251 e. The minimum Gasteiger partial charge on any atom is -0.389 e. The Balaban J connectivity index is 2.59. The fourth-order valence-corrected chi connectivity index (χ4v) is 1.49. The second-order valence-electron chi connectivity index (χ2n) is 4.03. The summed E-state index contributed by atoms with van der Waals surface area (Å²) in [5, 5.41) is 2.57. The predicted octanol–water partition coefficient (Wildman–Crippen LogP) is 0.529. The molecule has 6 heteroatoms. The summed E-state index contributed by atoms with van der Waals surface area (Å²) in [6, 6.07) is 6.60. The first-order chi connectivity index (χ1) is 8.95. The summed E-state index contributed by atoms with van der Waals surface area (Å²) in [5.41, 5.74) is 6.63. The Hall–Kier alpha value is -1.95. The lowest BCUT2D eigenvalue weighted by Crippen LogP contribution is -2.37. The Bertz CT molecular complexity index is 485. The van der Waals surface area contributed by atoms with Gasteiger partial charge in [0.2, 0.25) is 5.91 Å². The monoisotopic (exact) mass is 279 g/mol. The molecule has 3 N–H and O–H groups in total. The highest BCUT2D eigenvalue weighted by atomic mass is 32.1. The number of nitrogens with two attached hydrogens (primary N) is 1. The van der Waals surface area contributed by atoms with E-state index < -0.39 is 0 Å². The van der Waals surface area contributed by atoms with E-state index in [9.17, 15) is 9.59 Å². The van der Waals surface area contributed by atoms with Crippen LogP contribution in [0.15, 0.2) is 24.3 Å². The summed E-state index contributed by atoms with van der Waals surface area (Å²) in [6.07, 6.45) is 0. The van der Waals surface area contributed by atoms with Gasteiger partial charge in [0.1, 0.15) is 4.99 Å². The Labute approximate surface area is 117 Å². The number of carbonyl (C=O) groups is 2. The van der Waals surface area contributed by atoms with Crippen LogP contribution in [0.5, 0.6) is 0 Å². The van der Waals surface area contributed by atoms with Gasteiger partial charge in [-0.05, 0) is 19.1 Å². The molecule has 1 aromatic carbocycles. The van der Waals surface area contributed by atoms with Crippen molar-refractivity contribution in [3.8, 4) is 0 Å². The molecule has 0 aliphatic rings. The zero-order chi connectivity index (χ0) is 14.4. The summed E-state index contributed by atoms with van der Waals surface area (Å²) < 4.78 is 0. The molecule has 102 valence electrons. The van der Waals surface area contributed by atoms with Crippen molar-refractivity contribution in [2.75, 3.05) is 20.1 Å². The Kier molecular flexibility index (Phi) is 5.44. The third kappa shape index (κ3) is 4.33. The normalized spacial score (nSPS) is 9.79. The van der Waals surface area contributed by atoms with Gasteiger partial charge in [0, 0.05) is 24.7 Å². The second-order valence-corrected chi connectivity index (χ2v) is 4.47. The summed E-state index contributed by atoms with van der Waals surface area (Å²) in [6.45, 7) is 2.46. The Morgan fingerprint density at radius 2 is 1.79 bits per heavy atom. The fraction of sp³-hybridized carbons (Fsp3) is 0.308. The number of benzene rings is 1. The SMILES string of the molecule is CCN(C)C(=O)CNC(=O)c1ccc(C(N)=S)cc1. The molecule has 0 unspecified atom stereocenters. The number of thiocarbonyl (C=S) groups is 1. The average Bonchev–Trinajstić information content (AvgIpc) is 2.43. The quantitative estimate of drug-likeness (QED) is 0.771. The lowest BCUT2D eigenvalue weighted by Gasteiger charge is -2.14. The van der Waals surface area contributed by atoms with Gasteiger partial charge in [-0.15, -0.1) is 0 Å². The van der Waals surface area contributed by atoms with E-state index >= 15 is 0 Å². The molecule has 0 fully saturated rings. The van der Waals surface area contributed by atoms with Crippen LogP contribution < -0.4 is 11.1 Å². The maximum atomic E-state index is 11.8. The highest BCUT2D eigenvalue weighted by Gasteiger charge is 2.10. The minimum absolute atomic E-state index is 0.0137. The third-order valence-corrected chi connectivity index (χ3v) is 2.97. The largest absolute Gasteiger partial charge is 0.389 e. The van der Waals surface area contributed by atoms with Crippen LogP contribution in [0, 0.1) is 0 Å². The molecular weight excluding hydrogens is 262 g/mol. The highest BCUT2D eigenvalue weighted by Crippen LogP contribution is 2.04. The Morgan fingerprint density at radius 1 is 1.26 bits per heavy atom. The van der Waals surface area contributed by atoms with Crippen molar-refractivity contribution in [2.45, 2.75) is 6.92 Å². The van der Waals surface area contributed by atoms with Gasteiger partial charge in [0.15, 0.2) is 0 Å². The van der Waals surface area contributed by atoms with E-state index in [-0.39, 0.29) is 23.3 Å². The van der Waals surface area contributed by atoms with Gasteiger partial charge in [-0.2, -0.15) is 0 Å². The van der Waals surface area contributed by atoms with Gasteiger partial charge in [0.25, 0.3) is 5.91 Å². The predicted molar refractivity (Wildman–Crippen MR) is 78.0 cm³/mol. The molecule has 2 amide bonds. The molecule has 0 heterocycles. The molecule has 0 saturated heterocycles. The number of hydrogen-bond acceptors (Lipinski definition) is 3. The molecule has 1 aromatic rings. The average molecular weight is 279 g/mol. The summed E-state index contributed by atoms with van der Waals surface area (Å²) in [5.74, 6) is -0.428. The van der Waals surface area contributed by atoms with Crippen LogP contribution in [0.1, 0.15) is 22.8 Å². The first-order valence-corrected chi connectivity index (χ1v) is 6.28. The van der Waals surface area contributed by atoms with Crippen LogP contribution in [0.4, 0.5) is 0 Å². The van der Waals surface area contributed by atoms with Crippen LogP contribution in [0.3, 0.4) is 0 Å². The fourth-order valence-electron chi connectivity index (χ4n) is 1.36. The van der Waals surface area contributed by atoms with Crippen molar-refractivity contribution in [3.63, 3.8) is 0 Å². The van der Waals surface area contributed by atoms with Crippen molar-refractivity contribution in [3.05, 3.63) is 35.4 Å². The van der Waals surface area contributed by atoms with Crippen LogP contribution in [0.25, 0.3) is 0 Å². The van der Waals surface area contributed by atoms with Gasteiger partial charge in [-0.3, -0.25) is 9.59 Å². The molecule has 0 bridgehead atoms. The van der Waals surface area contributed by atoms with Gasteiger partial charge in [-0.25, -0.2) is 0 Å². The zero-order valence-electron chi connectivity index (χ0n) is 11.0. The van der Waals surface area contributed by atoms with Crippen LogP contribution >= 0.6 is 12.2 Å². The molecule has 5 nitrogen and oxygen atoms in total. The first kappa shape index (κ1) is 15.1. The summed E-state index contributed by atoms with van der Waals surface area (Å²) in [4.78, 5) is 25.1. The van der Waals surface area contributed by atoms with Gasteiger partial charge in [-0.1, -0.05) is 24.4 Å². The number of likely N-dealkylation sites (N-methyl/N-ethyl adjacent to an activating group) is 1. The molecular formula is C13H17N3O2S. The number of carbonyl (C=O) groups excluding carboxylic acids is 2.